The summed E-state index contributed by atoms with van der Waals surface area (Å²) in [6, 6.07) is 6.90. The van der Waals surface area contributed by atoms with Gasteiger partial charge in [0.2, 0.25) is 0 Å². The number of hydrogen-bond acceptors (Lipinski definition) is 4. The minimum atomic E-state index is -3.80. The Labute approximate surface area is 110 Å². The summed E-state index contributed by atoms with van der Waals surface area (Å²) in [4.78, 5) is 3.67. The van der Waals surface area contributed by atoms with Crippen LogP contribution in [-0.2, 0) is 10.0 Å². The van der Waals surface area contributed by atoms with Crippen LogP contribution in [0.2, 0.25) is 0 Å². The van der Waals surface area contributed by atoms with E-state index in [4.69, 9.17) is 5.73 Å². The van der Waals surface area contributed by atoms with Crippen molar-refractivity contribution >= 4 is 21.5 Å². The van der Waals surface area contributed by atoms with Crippen LogP contribution in [-0.4, -0.2) is 13.4 Å². The topological polar surface area (TPSA) is 85.1 Å². The Morgan fingerprint density at radius 2 is 2.00 bits per heavy atom. The van der Waals surface area contributed by atoms with Crippen LogP contribution < -0.4 is 10.5 Å². The maximum Gasteiger partial charge on any atom is 0.263 e. The number of nitrogen functional groups attached to an aromatic ring is 1. The predicted octanol–water partition coefficient (Wildman–Crippen LogP) is 1.91. The molecule has 0 saturated carbocycles. The number of rotatable bonds is 3. The molecule has 0 amide bonds. The Morgan fingerprint density at radius 3 is 2.63 bits per heavy atom. The van der Waals surface area contributed by atoms with Crippen LogP contribution in [0.25, 0.3) is 0 Å². The van der Waals surface area contributed by atoms with Gasteiger partial charge in [0.05, 0.1) is 5.69 Å². The van der Waals surface area contributed by atoms with Crippen molar-refractivity contribution in [3.63, 3.8) is 0 Å². The van der Waals surface area contributed by atoms with Gasteiger partial charge in [-0.05, 0) is 31.2 Å². The summed E-state index contributed by atoms with van der Waals surface area (Å²) in [6.07, 6.45) is 1.15. The van der Waals surface area contributed by atoms with Gasteiger partial charge in [-0.2, -0.15) is 0 Å². The molecule has 0 saturated heterocycles. The lowest BCUT2D eigenvalue weighted by Crippen LogP contribution is -2.14. The number of aromatic nitrogens is 1. The van der Waals surface area contributed by atoms with E-state index in [9.17, 15) is 12.8 Å². The second-order valence-corrected chi connectivity index (χ2v) is 5.62. The number of nitrogens with zero attached hydrogens (tertiary/aromatic N) is 1. The van der Waals surface area contributed by atoms with E-state index >= 15 is 0 Å². The summed E-state index contributed by atoms with van der Waals surface area (Å²) in [6.45, 7) is 1.49. The molecule has 2 aromatic rings. The molecule has 1 heterocycles. The summed E-state index contributed by atoms with van der Waals surface area (Å²) in [7, 11) is -3.80. The first kappa shape index (κ1) is 13.3. The molecule has 0 unspecified atom stereocenters. The highest BCUT2D eigenvalue weighted by molar-refractivity contribution is 7.92. The first-order chi connectivity index (χ1) is 8.90. The third-order valence-corrected chi connectivity index (χ3v) is 3.93. The van der Waals surface area contributed by atoms with Gasteiger partial charge in [0.1, 0.15) is 16.5 Å². The normalized spacial score (nSPS) is 11.3. The average Bonchev–Trinajstić information content (AvgIpc) is 2.35. The number of nitrogens with two attached hydrogens (primary N) is 1. The monoisotopic (exact) mass is 281 g/mol. The van der Waals surface area contributed by atoms with Gasteiger partial charge >= 0.3 is 0 Å². The van der Waals surface area contributed by atoms with Crippen molar-refractivity contribution in [2.24, 2.45) is 0 Å². The van der Waals surface area contributed by atoms with E-state index in [1.807, 2.05) is 0 Å². The highest BCUT2D eigenvalue weighted by atomic mass is 32.2. The van der Waals surface area contributed by atoms with Gasteiger partial charge in [-0.25, -0.2) is 17.8 Å². The van der Waals surface area contributed by atoms with Crippen LogP contribution in [0.3, 0.4) is 0 Å². The standard InChI is InChI=1S/C12H12FN3O2S/c1-8-10(13)3-2-4-11(8)16-19(17,18)9-5-6-12(14)15-7-9/h2-7,16H,1H3,(H2,14,15). The Bertz CT molecular complexity index is 699. The van der Waals surface area contributed by atoms with E-state index in [0.717, 1.165) is 6.20 Å². The van der Waals surface area contributed by atoms with Crippen LogP contribution in [0, 0.1) is 12.7 Å². The lowest BCUT2D eigenvalue weighted by molar-refractivity contribution is 0.600. The number of anilines is 2. The Balaban J connectivity index is 2.36. The van der Waals surface area contributed by atoms with Gasteiger partial charge in [-0.3, -0.25) is 4.72 Å². The minimum absolute atomic E-state index is 0.0367. The molecule has 0 radical (unpaired) electrons. The highest BCUT2D eigenvalue weighted by Crippen LogP contribution is 2.21. The molecular formula is C12H12FN3O2S. The number of nitrogens with one attached hydrogen (secondary N) is 1. The van der Waals surface area contributed by atoms with Crippen LogP contribution in [0.1, 0.15) is 5.56 Å². The Morgan fingerprint density at radius 1 is 1.26 bits per heavy atom. The predicted molar refractivity (Wildman–Crippen MR) is 70.6 cm³/mol. The van der Waals surface area contributed by atoms with Gasteiger partial charge < -0.3 is 5.73 Å². The number of sulfonamides is 1. The molecule has 0 aliphatic heterocycles. The summed E-state index contributed by atoms with van der Waals surface area (Å²) in [5, 5.41) is 0. The van der Waals surface area contributed by atoms with Crippen LogP contribution in [0.5, 0.6) is 0 Å². The summed E-state index contributed by atoms with van der Waals surface area (Å²) < 4.78 is 39.8. The molecule has 7 heteroatoms. The number of halogens is 1. The van der Waals surface area contributed by atoms with E-state index in [0.29, 0.717) is 0 Å². The number of pyridine rings is 1. The van der Waals surface area contributed by atoms with Crippen molar-refractivity contribution in [2.45, 2.75) is 11.8 Å². The van der Waals surface area contributed by atoms with E-state index < -0.39 is 15.8 Å². The maximum absolute atomic E-state index is 13.3. The molecule has 0 spiro atoms. The molecule has 0 atom stereocenters. The molecule has 5 nitrogen and oxygen atoms in total. The van der Waals surface area contributed by atoms with Crippen molar-refractivity contribution in [3.8, 4) is 0 Å². The van der Waals surface area contributed by atoms with Gasteiger partial charge in [-0.1, -0.05) is 6.07 Å². The van der Waals surface area contributed by atoms with Crippen molar-refractivity contribution in [1.29, 1.82) is 0 Å². The van der Waals surface area contributed by atoms with Crippen molar-refractivity contribution in [1.82, 2.24) is 4.98 Å². The largest absolute Gasteiger partial charge is 0.384 e. The van der Waals surface area contributed by atoms with Crippen molar-refractivity contribution < 1.29 is 12.8 Å². The first-order valence-electron chi connectivity index (χ1n) is 5.39. The van der Waals surface area contributed by atoms with E-state index in [1.54, 1.807) is 0 Å². The number of benzene rings is 1. The zero-order valence-corrected chi connectivity index (χ0v) is 10.9. The second kappa shape index (κ2) is 4.85. The van der Waals surface area contributed by atoms with Gasteiger partial charge in [0.25, 0.3) is 10.0 Å². The molecule has 19 heavy (non-hydrogen) atoms. The van der Waals surface area contributed by atoms with Crippen LogP contribution in [0.15, 0.2) is 41.4 Å². The van der Waals surface area contributed by atoms with E-state index in [2.05, 4.69) is 9.71 Å². The molecule has 100 valence electrons. The lowest BCUT2D eigenvalue weighted by atomic mass is 10.2. The average molecular weight is 281 g/mol. The van der Waals surface area contributed by atoms with Gasteiger partial charge in [0.15, 0.2) is 0 Å². The quantitative estimate of drug-likeness (QED) is 0.900. The zero-order chi connectivity index (χ0) is 14.0. The molecular weight excluding hydrogens is 269 g/mol. The first-order valence-corrected chi connectivity index (χ1v) is 6.88. The third kappa shape index (κ3) is 2.82. The Hall–Kier alpha value is -2.15. The molecule has 1 aromatic heterocycles. The fraction of sp³-hybridized carbons (Fsp3) is 0.0833. The molecule has 0 bridgehead atoms. The SMILES string of the molecule is Cc1c(F)cccc1NS(=O)(=O)c1ccc(N)nc1. The van der Waals surface area contributed by atoms with E-state index in [1.165, 1.54) is 37.3 Å². The summed E-state index contributed by atoms with van der Waals surface area (Å²) in [5.41, 5.74) is 5.81. The third-order valence-electron chi connectivity index (χ3n) is 2.58. The molecule has 0 fully saturated rings. The minimum Gasteiger partial charge on any atom is -0.384 e. The Kier molecular flexibility index (Phi) is 3.39. The molecule has 2 rings (SSSR count). The molecule has 3 N–H and O–H groups in total. The van der Waals surface area contributed by atoms with E-state index in [-0.39, 0.29) is 22.0 Å². The molecule has 0 aliphatic rings. The fourth-order valence-electron chi connectivity index (χ4n) is 1.47. The highest BCUT2D eigenvalue weighted by Gasteiger charge is 2.16. The van der Waals surface area contributed by atoms with Crippen molar-refractivity contribution in [3.05, 3.63) is 47.9 Å². The van der Waals surface area contributed by atoms with Gasteiger partial charge in [0, 0.05) is 11.8 Å². The lowest BCUT2D eigenvalue weighted by Gasteiger charge is -2.10. The summed E-state index contributed by atoms with van der Waals surface area (Å²) in [5.74, 6) is -0.253. The second-order valence-electron chi connectivity index (χ2n) is 3.94. The fourth-order valence-corrected chi connectivity index (χ4v) is 2.54. The zero-order valence-electron chi connectivity index (χ0n) is 10.1. The van der Waals surface area contributed by atoms with Crippen LogP contribution in [0.4, 0.5) is 15.9 Å². The molecule has 0 aliphatic carbocycles. The van der Waals surface area contributed by atoms with Crippen LogP contribution >= 0.6 is 0 Å². The maximum atomic E-state index is 13.3. The summed E-state index contributed by atoms with van der Waals surface area (Å²) >= 11 is 0. The van der Waals surface area contributed by atoms with Gasteiger partial charge in [-0.15, -0.1) is 0 Å². The number of hydrogen-bond donors (Lipinski definition) is 2. The smallest absolute Gasteiger partial charge is 0.263 e. The molecule has 1 aromatic carbocycles. The van der Waals surface area contributed by atoms with Crippen molar-refractivity contribution in [2.75, 3.05) is 10.5 Å².